The monoisotopic (exact) mass is 377 g/mol. The van der Waals surface area contributed by atoms with Crippen LogP contribution < -0.4 is 9.47 Å². The van der Waals surface area contributed by atoms with Crippen LogP contribution in [-0.4, -0.2) is 19.3 Å². The summed E-state index contributed by atoms with van der Waals surface area (Å²) in [6, 6.07) is 26.0. The third kappa shape index (κ3) is 3.15. The Morgan fingerprint density at radius 1 is 0.778 bits per heavy atom. The van der Waals surface area contributed by atoms with Crippen LogP contribution in [0.2, 0.25) is 0 Å². The number of nitrogens with zero attached hydrogens (tertiary/aromatic N) is 1. The van der Waals surface area contributed by atoms with Gasteiger partial charge < -0.3 is 14.3 Å². The summed E-state index contributed by atoms with van der Waals surface area (Å²) in [6.07, 6.45) is 0. The molecule has 0 aromatic heterocycles. The fraction of sp³-hybridized carbons (Fsp3) is 0.136. The van der Waals surface area contributed by atoms with Crippen LogP contribution in [-0.2, 0) is 9.77 Å². The van der Waals surface area contributed by atoms with Crippen LogP contribution in [0.5, 0.6) is 11.5 Å². The zero-order valence-corrected chi connectivity index (χ0v) is 15.9. The highest BCUT2D eigenvalue weighted by molar-refractivity contribution is 8.15. The van der Waals surface area contributed by atoms with Crippen molar-refractivity contribution in [1.82, 2.24) is 0 Å². The Morgan fingerprint density at radius 2 is 1.44 bits per heavy atom. The molecule has 0 N–H and O–H groups in total. The smallest absolute Gasteiger partial charge is 0.239 e. The van der Waals surface area contributed by atoms with Gasteiger partial charge in [0.15, 0.2) is 11.5 Å². The highest BCUT2D eigenvalue weighted by Gasteiger charge is 2.44. The van der Waals surface area contributed by atoms with Crippen molar-refractivity contribution in [3.63, 3.8) is 0 Å². The Labute approximate surface area is 162 Å². The van der Waals surface area contributed by atoms with Gasteiger partial charge in [-0.15, -0.1) is 0 Å². The first-order valence-corrected chi connectivity index (χ1v) is 9.37. The molecular weight excluding hydrogens is 358 g/mol. The van der Waals surface area contributed by atoms with Crippen LogP contribution in [0.4, 0.5) is 0 Å². The molecule has 0 saturated carbocycles. The molecule has 0 amide bonds. The Morgan fingerprint density at radius 3 is 2.11 bits per heavy atom. The lowest BCUT2D eigenvalue weighted by molar-refractivity contribution is 0.0664. The molecule has 0 bridgehead atoms. The lowest BCUT2D eigenvalue weighted by Gasteiger charge is -2.27. The molecule has 3 aromatic rings. The summed E-state index contributed by atoms with van der Waals surface area (Å²) in [5.41, 5.74) is 2.98. The third-order valence-corrected chi connectivity index (χ3v) is 5.77. The number of methoxy groups -OCH3 is 2. The average Bonchev–Trinajstić information content (AvgIpc) is 3.21. The molecule has 0 fully saturated rings. The second-order valence-electron chi connectivity index (χ2n) is 6.01. The van der Waals surface area contributed by atoms with E-state index in [9.17, 15) is 0 Å². The van der Waals surface area contributed by atoms with Crippen LogP contribution in [0.15, 0.2) is 84.0 Å². The van der Waals surface area contributed by atoms with E-state index in [1.165, 1.54) is 0 Å². The van der Waals surface area contributed by atoms with Crippen molar-refractivity contribution >= 4 is 16.8 Å². The third-order valence-electron chi connectivity index (χ3n) is 4.44. The van der Waals surface area contributed by atoms with Crippen molar-refractivity contribution in [3.8, 4) is 11.5 Å². The van der Waals surface area contributed by atoms with Gasteiger partial charge in [-0.3, -0.25) is 0 Å². The predicted molar refractivity (Wildman–Crippen MR) is 108 cm³/mol. The van der Waals surface area contributed by atoms with E-state index in [-0.39, 0.29) is 0 Å². The molecule has 136 valence electrons. The molecule has 0 unspecified atom stereocenters. The van der Waals surface area contributed by atoms with Crippen molar-refractivity contribution in [3.05, 3.63) is 95.6 Å². The van der Waals surface area contributed by atoms with Crippen LogP contribution >= 0.6 is 11.8 Å². The largest absolute Gasteiger partial charge is 0.493 e. The van der Waals surface area contributed by atoms with Gasteiger partial charge in [0.25, 0.3) is 0 Å². The molecule has 0 radical (unpaired) electrons. The van der Waals surface area contributed by atoms with E-state index in [0.29, 0.717) is 11.5 Å². The number of oxime groups is 1. The summed E-state index contributed by atoms with van der Waals surface area (Å²) >= 11 is 1.58. The minimum absolute atomic E-state index is 0.655. The van der Waals surface area contributed by atoms with E-state index >= 15 is 0 Å². The second kappa shape index (κ2) is 7.37. The quantitative estimate of drug-likeness (QED) is 0.625. The first-order chi connectivity index (χ1) is 13.3. The normalized spacial score (nSPS) is 18.5. The van der Waals surface area contributed by atoms with Gasteiger partial charge in [-0.2, -0.15) is 0 Å². The molecule has 4 rings (SSSR count). The van der Waals surface area contributed by atoms with Gasteiger partial charge in [-0.25, -0.2) is 0 Å². The van der Waals surface area contributed by atoms with Crippen LogP contribution in [0.25, 0.3) is 0 Å². The molecule has 27 heavy (non-hydrogen) atoms. The number of rotatable bonds is 5. The lowest BCUT2D eigenvalue weighted by atomic mass is 10.00. The summed E-state index contributed by atoms with van der Waals surface area (Å²) in [4.78, 5) is 5.32. The SMILES string of the molecule is COc1ccc([C@]2(c3ccccc3)ON=C(c3ccccc3)S2)cc1OC. The van der Waals surface area contributed by atoms with Crippen LogP contribution in [0.3, 0.4) is 0 Å². The average molecular weight is 377 g/mol. The number of hydrogen-bond acceptors (Lipinski definition) is 5. The fourth-order valence-electron chi connectivity index (χ4n) is 3.06. The molecule has 0 spiro atoms. The summed E-state index contributed by atoms with van der Waals surface area (Å²) in [7, 11) is 3.26. The van der Waals surface area contributed by atoms with Gasteiger partial charge in [0, 0.05) is 16.7 Å². The molecular formula is C22H19NO3S. The van der Waals surface area contributed by atoms with Gasteiger partial charge in [-0.05, 0) is 30.0 Å². The number of hydrogen-bond donors (Lipinski definition) is 0. The van der Waals surface area contributed by atoms with E-state index in [0.717, 1.165) is 21.7 Å². The molecule has 4 nitrogen and oxygen atoms in total. The Bertz CT molecular complexity index is 960. The standard InChI is InChI=1S/C22H19NO3S/c1-24-19-14-13-18(15-20(19)25-2)22(17-11-7-4-8-12-17)26-23-21(27-22)16-9-5-3-6-10-16/h3-15H,1-2H3/t22-/m1/s1. The van der Waals surface area contributed by atoms with Crippen molar-refractivity contribution in [2.75, 3.05) is 14.2 Å². The minimum Gasteiger partial charge on any atom is -0.493 e. The summed E-state index contributed by atoms with van der Waals surface area (Å²) < 4.78 is 10.9. The highest BCUT2D eigenvalue weighted by Crippen LogP contribution is 2.51. The van der Waals surface area contributed by atoms with Gasteiger partial charge in [0.1, 0.15) is 5.04 Å². The predicted octanol–water partition coefficient (Wildman–Crippen LogP) is 5.03. The molecule has 1 aliphatic heterocycles. The molecule has 5 heteroatoms. The zero-order valence-electron chi connectivity index (χ0n) is 15.1. The van der Waals surface area contributed by atoms with Crippen molar-refractivity contribution < 1.29 is 14.3 Å². The van der Waals surface area contributed by atoms with E-state index in [2.05, 4.69) is 5.16 Å². The molecule has 1 aliphatic rings. The Hall–Kier alpha value is -2.92. The van der Waals surface area contributed by atoms with Crippen molar-refractivity contribution in [1.29, 1.82) is 0 Å². The first kappa shape index (κ1) is 17.5. The Kier molecular flexibility index (Phi) is 4.77. The molecule has 0 saturated heterocycles. The van der Waals surface area contributed by atoms with E-state index < -0.39 is 4.93 Å². The number of thioether (sulfide) groups is 1. The lowest BCUT2D eigenvalue weighted by Crippen LogP contribution is -2.23. The molecule has 0 aliphatic carbocycles. The maximum absolute atomic E-state index is 6.11. The van der Waals surface area contributed by atoms with Crippen molar-refractivity contribution in [2.24, 2.45) is 5.16 Å². The van der Waals surface area contributed by atoms with Crippen LogP contribution in [0, 0.1) is 0 Å². The van der Waals surface area contributed by atoms with Gasteiger partial charge in [0.05, 0.1) is 14.2 Å². The topological polar surface area (TPSA) is 40.0 Å². The summed E-state index contributed by atoms with van der Waals surface area (Å²) in [6.45, 7) is 0. The van der Waals surface area contributed by atoms with E-state index in [1.807, 2.05) is 78.9 Å². The molecule has 1 heterocycles. The highest BCUT2D eigenvalue weighted by atomic mass is 32.2. The summed E-state index contributed by atoms with van der Waals surface area (Å²) in [5.74, 6) is 1.33. The van der Waals surface area contributed by atoms with Crippen LogP contribution in [0.1, 0.15) is 16.7 Å². The second-order valence-corrected chi connectivity index (χ2v) is 7.17. The van der Waals surface area contributed by atoms with Gasteiger partial charge >= 0.3 is 0 Å². The number of ether oxygens (including phenoxy) is 2. The maximum Gasteiger partial charge on any atom is 0.239 e. The van der Waals surface area contributed by atoms with Gasteiger partial charge in [-0.1, -0.05) is 65.8 Å². The van der Waals surface area contributed by atoms with Gasteiger partial charge in [0.2, 0.25) is 4.93 Å². The van der Waals surface area contributed by atoms with E-state index in [1.54, 1.807) is 26.0 Å². The van der Waals surface area contributed by atoms with E-state index in [4.69, 9.17) is 14.3 Å². The molecule has 1 atom stereocenters. The Balaban J connectivity index is 1.81. The summed E-state index contributed by atoms with van der Waals surface area (Å²) in [5, 5.41) is 5.26. The first-order valence-electron chi connectivity index (χ1n) is 8.55. The fourth-order valence-corrected chi connectivity index (χ4v) is 4.23. The number of benzene rings is 3. The molecule has 3 aromatic carbocycles. The minimum atomic E-state index is -0.786. The zero-order chi connectivity index (χ0) is 18.7. The maximum atomic E-state index is 6.11. The van der Waals surface area contributed by atoms with Crippen molar-refractivity contribution in [2.45, 2.75) is 4.93 Å².